The number of rotatable bonds is 3. The molecule has 34 valence electrons. The molecule has 0 bridgehead atoms. The van der Waals surface area contributed by atoms with Crippen molar-refractivity contribution in [2.45, 2.75) is 26.7 Å². The Morgan fingerprint density at radius 3 is 2.00 bits per heavy atom. The molecule has 0 saturated heterocycles. The van der Waals surface area contributed by atoms with Crippen molar-refractivity contribution in [1.29, 1.82) is 0 Å². The second-order valence-corrected chi connectivity index (χ2v) is 3.27. The molecule has 0 fully saturated rings. The molecule has 0 aliphatic heterocycles. The zero-order valence-electron chi connectivity index (χ0n) is 4.83. The molecule has 7 heavy (non-hydrogen) atoms. The van der Waals surface area contributed by atoms with E-state index in [1.807, 2.05) is 0 Å². The van der Waals surface area contributed by atoms with Gasteiger partial charge in [-0.05, 0) is 0 Å². The van der Waals surface area contributed by atoms with E-state index in [1.54, 1.807) is 0.515 Å². The molecular weight excluding hydrogens is 138 g/mol. The number of unbranched alkanes of at least 4 members (excludes halogenated alkanes) is 2. The molecule has 0 aromatic carbocycles. The monoisotopic (exact) mass is 150 g/mol. The van der Waals surface area contributed by atoms with Gasteiger partial charge in [0.1, 0.15) is 0 Å². The summed E-state index contributed by atoms with van der Waals surface area (Å²) in [6, 6.07) is 0. The molecule has 0 nitrogen and oxygen atoms in total. The van der Waals surface area contributed by atoms with Crippen LogP contribution in [-0.2, 0) is 0 Å². The van der Waals surface area contributed by atoms with Crippen LogP contribution in [0.25, 0.3) is 0 Å². The van der Waals surface area contributed by atoms with Crippen LogP contribution in [0.3, 0.4) is 0 Å². The van der Waals surface area contributed by atoms with E-state index in [0.29, 0.717) is 0 Å². The van der Waals surface area contributed by atoms with Crippen molar-refractivity contribution in [2.75, 3.05) is 0 Å². The summed E-state index contributed by atoms with van der Waals surface area (Å²) in [5.74, 6) is 0. The van der Waals surface area contributed by atoms with Crippen LogP contribution in [0.5, 0.6) is 0 Å². The predicted octanol–water partition coefficient (Wildman–Crippen LogP) is 1.11. The quantitative estimate of drug-likeness (QED) is 0.418. The second kappa shape index (κ2) is 12.0. The normalized spacial score (nSPS) is 7.86. The summed E-state index contributed by atoms with van der Waals surface area (Å²) in [4.78, 5) is 0. The van der Waals surface area contributed by atoms with Gasteiger partial charge in [-0.3, -0.25) is 0 Å². The summed E-state index contributed by atoms with van der Waals surface area (Å²) in [7, 11) is 0. The molecule has 0 aromatic rings. The fourth-order valence-corrected chi connectivity index (χ4v) is 1.28. The molecule has 0 aliphatic rings. The minimum absolute atomic E-state index is 0. The van der Waals surface area contributed by atoms with Crippen LogP contribution in [0.4, 0.5) is 0 Å². The molecule has 2 heteroatoms. The summed E-state index contributed by atoms with van der Waals surface area (Å²) < 4.78 is 1.54. The van der Waals surface area contributed by atoms with Gasteiger partial charge in [0.2, 0.25) is 0 Å². The van der Waals surface area contributed by atoms with Crippen molar-refractivity contribution < 1.29 is 0 Å². The number of hydrogen-bond acceptors (Lipinski definition) is 0. The van der Waals surface area contributed by atoms with Gasteiger partial charge in [0.25, 0.3) is 0 Å². The first-order valence-electron chi connectivity index (χ1n) is 2.91. The summed E-state index contributed by atoms with van der Waals surface area (Å²) in [5, 5.41) is 0. The van der Waals surface area contributed by atoms with Crippen molar-refractivity contribution in [2.24, 2.45) is 0 Å². The Morgan fingerprint density at radius 1 is 1.29 bits per heavy atom. The molecule has 0 radical (unpaired) electrons. The van der Waals surface area contributed by atoms with Gasteiger partial charge in [0.15, 0.2) is 0 Å². The number of hydrogen-bond donors (Lipinski definition) is 0. The van der Waals surface area contributed by atoms with Crippen molar-refractivity contribution in [3.63, 3.8) is 0 Å². The van der Waals surface area contributed by atoms with Crippen molar-refractivity contribution in [1.82, 2.24) is 0 Å². The van der Waals surface area contributed by atoms with Gasteiger partial charge in [-0.2, -0.15) is 0 Å². The van der Waals surface area contributed by atoms with Gasteiger partial charge in [-0.15, -0.1) is 0 Å². The van der Waals surface area contributed by atoms with Crippen LogP contribution >= 0.6 is 0 Å². The third-order valence-corrected chi connectivity index (χ3v) is 2.06. The van der Waals surface area contributed by atoms with Gasteiger partial charge in [-0.25, -0.2) is 0 Å². The Bertz CT molecular complexity index is 18.0. The Kier molecular flexibility index (Phi) is 22.1. The predicted molar refractivity (Wildman–Crippen MR) is 37.2 cm³/mol. The first-order valence-corrected chi connectivity index (χ1v) is 5.12. The third-order valence-electron chi connectivity index (χ3n) is 0.957. The Balaban J connectivity index is 0. The first kappa shape index (κ1) is 12.9. The molecule has 0 N–H and O–H groups in total. The second-order valence-electron chi connectivity index (χ2n) is 1.71. The zero-order chi connectivity index (χ0) is 4.83. The molecule has 0 unspecified atom stereocenters. The van der Waals surface area contributed by atoms with E-state index in [0.717, 1.165) is 49.0 Å². The van der Waals surface area contributed by atoms with Crippen LogP contribution in [0, 0.1) is 0 Å². The van der Waals surface area contributed by atoms with Gasteiger partial charge in [0.05, 0.1) is 0 Å². The molecule has 0 aromatic heterocycles. The standard InChI is InChI=1S/C5H11.2K.H/c1-3-5-4-2;;;/h1,3-5H2,2H3;;;. The molecule has 0 atom stereocenters. The van der Waals surface area contributed by atoms with Gasteiger partial charge in [-0.1, -0.05) is 0 Å². The van der Waals surface area contributed by atoms with E-state index in [4.69, 9.17) is 0 Å². The van der Waals surface area contributed by atoms with Crippen molar-refractivity contribution >= 4 is 100 Å². The van der Waals surface area contributed by atoms with Crippen LogP contribution in [0.1, 0.15) is 26.2 Å². The van der Waals surface area contributed by atoms with E-state index < -0.39 is 0 Å². The summed E-state index contributed by atoms with van der Waals surface area (Å²) in [6.07, 6.45) is 4.34. The Morgan fingerprint density at radius 2 is 1.86 bits per heavy atom. The molecule has 0 aliphatic carbocycles. The topological polar surface area (TPSA) is 0 Å². The first-order chi connectivity index (χ1) is 2.91. The fraction of sp³-hybridized carbons (Fsp3) is 1.00. The summed E-state index contributed by atoms with van der Waals surface area (Å²) in [6.45, 7) is 2.25. The molecule has 0 spiro atoms. The van der Waals surface area contributed by atoms with E-state index in [2.05, 4.69) is 6.92 Å². The van der Waals surface area contributed by atoms with Crippen molar-refractivity contribution in [3.8, 4) is 0 Å². The third kappa shape index (κ3) is 12.5. The average molecular weight is 150 g/mol. The summed E-state index contributed by atoms with van der Waals surface area (Å²) in [5.41, 5.74) is 0. The van der Waals surface area contributed by atoms with Gasteiger partial charge >= 0.3 is 127 Å². The van der Waals surface area contributed by atoms with Gasteiger partial charge in [0, 0.05) is 0 Å². The molecular formula is C5H12K2. The molecule has 0 saturated carbocycles. The van der Waals surface area contributed by atoms with Crippen molar-refractivity contribution in [3.05, 3.63) is 0 Å². The maximum absolute atomic E-state index is 2.25. The van der Waals surface area contributed by atoms with Gasteiger partial charge < -0.3 is 0 Å². The molecule has 0 amide bonds. The van der Waals surface area contributed by atoms with E-state index in [1.165, 1.54) is 19.3 Å². The van der Waals surface area contributed by atoms with Crippen LogP contribution < -0.4 is 0 Å². The zero-order valence-corrected chi connectivity index (χ0v) is 7.95. The molecule has 0 heterocycles. The fourth-order valence-electron chi connectivity index (χ4n) is 0.500. The average Bonchev–Trinajstić information content (AvgIpc) is 1.61. The Labute approximate surface area is 123 Å². The summed E-state index contributed by atoms with van der Waals surface area (Å²) >= 11 is 1.11. The van der Waals surface area contributed by atoms with Crippen LogP contribution in [0.15, 0.2) is 0 Å². The van der Waals surface area contributed by atoms with Crippen LogP contribution in [0.2, 0.25) is 0.515 Å². The van der Waals surface area contributed by atoms with Crippen LogP contribution in [-0.4, -0.2) is 100 Å². The maximum atomic E-state index is 2.25. The van der Waals surface area contributed by atoms with E-state index in [9.17, 15) is 0 Å². The van der Waals surface area contributed by atoms with E-state index >= 15 is 0 Å². The molecule has 0 rings (SSSR count). The minimum atomic E-state index is 0. The SMILES string of the molecule is CCCC[CH2][K].[KH]. The Hall–Kier alpha value is 3.27. The van der Waals surface area contributed by atoms with E-state index in [-0.39, 0.29) is 51.4 Å².